The molecule has 190 valence electrons. The fourth-order valence-electron chi connectivity index (χ4n) is 2.90. The van der Waals surface area contributed by atoms with Gasteiger partial charge < -0.3 is 24.1 Å². The largest absolute Gasteiger partial charge is 0.573 e. The molecule has 0 fully saturated rings. The number of benzene rings is 2. The first-order chi connectivity index (χ1) is 15.7. The van der Waals surface area contributed by atoms with Crippen molar-refractivity contribution in [3.05, 3.63) is 47.0 Å². The highest BCUT2D eigenvalue weighted by Crippen LogP contribution is 2.42. The molecule has 0 spiro atoms. The minimum Gasteiger partial charge on any atom is -0.476 e. The van der Waals surface area contributed by atoms with Crippen LogP contribution in [0, 0.1) is 6.92 Å². The van der Waals surface area contributed by atoms with E-state index in [1.54, 1.807) is 0 Å². The number of esters is 1. The number of ether oxygens (including phenoxy) is 4. The first-order valence-corrected chi connectivity index (χ1v) is 10.1. The molecular weight excluding hydrogens is 484 g/mol. The Kier molecular flexibility index (Phi) is 7.70. The summed E-state index contributed by atoms with van der Waals surface area (Å²) in [5.74, 6) is -2.95. The zero-order valence-electron chi connectivity index (χ0n) is 19.6. The maximum absolute atomic E-state index is 13.5. The molecule has 0 aromatic heterocycles. The fraction of sp³-hybridized carbons (Fsp3) is 0.381. The predicted molar refractivity (Wildman–Crippen MR) is 117 cm³/mol. The molecule has 0 bridgehead atoms. The van der Waals surface area contributed by atoms with E-state index in [-0.39, 0.29) is 11.5 Å². The number of hydrogen-bond acceptors (Lipinski definition) is 6. The number of carbonyl (C=O) groups is 1. The molecule has 0 saturated heterocycles. The smallest absolute Gasteiger partial charge is 0.476 e. The van der Waals surface area contributed by atoms with Crippen molar-refractivity contribution in [3.63, 3.8) is 0 Å². The van der Waals surface area contributed by atoms with E-state index in [2.05, 4.69) is 4.74 Å². The van der Waals surface area contributed by atoms with Gasteiger partial charge in [0.1, 0.15) is 28.2 Å². The molecule has 2 rings (SSSR count). The van der Waals surface area contributed by atoms with Crippen molar-refractivity contribution in [2.45, 2.75) is 51.4 Å². The molecule has 2 aromatic rings. The van der Waals surface area contributed by atoms with Crippen molar-refractivity contribution >= 4 is 21.7 Å². The Bertz CT molecular complexity index is 1090. The highest BCUT2D eigenvalue weighted by atomic mass is 19.4. The van der Waals surface area contributed by atoms with E-state index in [0.717, 1.165) is 31.2 Å². The molecule has 0 heterocycles. The van der Waals surface area contributed by atoms with Gasteiger partial charge in [-0.25, -0.2) is 4.79 Å². The summed E-state index contributed by atoms with van der Waals surface area (Å²) in [6, 6.07) is 4.18. The van der Waals surface area contributed by atoms with Gasteiger partial charge in [-0.2, -0.15) is 13.2 Å². The van der Waals surface area contributed by atoms with Crippen LogP contribution in [-0.2, 0) is 10.9 Å². The van der Waals surface area contributed by atoms with E-state index in [1.807, 2.05) is 0 Å². The van der Waals surface area contributed by atoms with Gasteiger partial charge in [0.05, 0.1) is 5.56 Å². The van der Waals surface area contributed by atoms with Crippen molar-refractivity contribution in [3.8, 4) is 23.0 Å². The van der Waals surface area contributed by atoms with Crippen LogP contribution in [0.15, 0.2) is 30.3 Å². The van der Waals surface area contributed by atoms with Crippen molar-refractivity contribution < 1.29 is 55.2 Å². The van der Waals surface area contributed by atoms with Gasteiger partial charge in [-0.15, -0.1) is 13.2 Å². The topological polar surface area (TPSA) is 74.2 Å². The Morgan fingerprint density at radius 1 is 0.886 bits per heavy atom. The molecule has 0 amide bonds. The minimum absolute atomic E-state index is 0.314. The van der Waals surface area contributed by atoms with E-state index in [0.29, 0.717) is 6.07 Å². The van der Waals surface area contributed by atoms with Crippen LogP contribution in [0.5, 0.6) is 23.0 Å². The summed E-state index contributed by atoms with van der Waals surface area (Å²) in [5, 5.41) is 9.99. The van der Waals surface area contributed by atoms with E-state index in [9.17, 15) is 36.2 Å². The van der Waals surface area contributed by atoms with Crippen molar-refractivity contribution in [2.75, 3.05) is 0 Å². The van der Waals surface area contributed by atoms with Crippen LogP contribution < -0.4 is 14.2 Å². The number of halogens is 6. The molecule has 0 aliphatic rings. The second-order valence-corrected chi connectivity index (χ2v) is 8.92. The first-order valence-electron chi connectivity index (χ1n) is 10.1. The van der Waals surface area contributed by atoms with Gasteiger partial charge in [0, 0.05) is 6.07 Å². The monoisotopic (exact) mass is 506 g/mol. The summed E-state index contributed by atoms with van der Waals surface area (Å²) in [6.45, 7) is 5.61. The van der Waals surface area contributed by atoms with Crippen molar-refractivity contribution in [1.82, 2.24) is 0 Å². The van der Waals surface area contributed by atoms with Crippen LogP contribution >= 0.6 is 0 Å². The number of rotatable bonds is 6. The Hall–Kier alpha value is -3.02. The lowest BCUT2D eigenvalue weighted by Crippen LogP contribution is -2.36. The molecule has 0 unspecified atom stereocenters. The molecule has 2 aromatic carbocycles. The number of aliphatic hydroxyl groups is 1. The van der Waals surface area contributed by atoms with Gasteiger partial charge in [0.2, 0.25) is 0 Å². The molecule has 1 N–H and O–H groups in total. The Morgan fingerprint density at radius 2 is 1.46 bits per heavy atom. The van der Waals surface area contributed by atoms with Crippen LogP contribution in [0.4, 0.5) is 26.3 Å². The minimum atomic E-state index is -5.03. The van der Waals surface area contributed by atoms with Crippen LogP contribution in [0.3, 0.4) is 0 Å². The Balaban J connectivity index is 2.64. The lowest BCUT2D eigenvalue weighted by Gasteiger charge is -2.25. The number of hydrogen-bond donors (Lipinski definition) is 1. The quantitative estimate of drug-likeness (QED) is 0.278. The molecule has 6 nitrogen and oxygen atoms in total. The van der Waals surface area contributed by atoms with Gasteiger partial charge in [-0.3, -0.25) is 0 Å². The zero-order chi connectivity index (χ0) is 27.0. The highest BCUT2D eigenvalue weighted by Gasteiger charge is 2.36. The maximum atomic E-state index is 13.5. The van der Waals surface area contributed by atoms with Crippen molar-refractivity contribution in [2.24, 2.45) is 0 Å². The average Bonchev–Trinajstić information content (AvgIpc) is 2.58. The van der Waals surface area contributed by atoms with Gasteiger partial charge in [-0.05, 0) is 57.5 Å². The summed E-state index contributed by atoms with van der Waals surface area (Å²) in [5.41, 5.74) is -5.07. The Morgan fingerprint density at radius 3 is 1.94 bits per heavy atom. The summed E-state index contributed by atoms with van der Waals surface area (Å²) in [7, 11) is 2.37. The summed E-state index contributed by atoms with van der Waals surface area (Å²) in [6.07, 6.45) is -9.81. The fourth-order valence-corrected chi connectivity index (χ4v) is 2.90. The third kappa shape index (κ3) is 8.30. The summed E-state index contributed by atoms with van der Waals surface area (Å²) in [4.78, 5) is 12.8. The van der Waals surface area contributed by atoms with E-state index in [4.69, 9.17) is 14.2 Å². The molecule has 0 atom stereocenters. The molecular formula is C21H22B2F6O6. The van der Waals surface area contributed by atoms with Gasteiger partial charge >= 0.3 is 18.5 Å². The molecule has 0 aliphatic heterocycles. The summed E-state index contributed by atoms with van der Waals surface area (Å²) >= 11 is 0. The van der Waals surface area contributed by atoms with Gasteiger partial charge in [-0.1, -0.05) is 0 Å². The summed E-state index contributed by atoms with van der Waals surface area (Å²) < 4.78 is 98.2. The zero-order valence-corrected chi connectivity index (χ0v) is 19.6. The van der Waals surface area contributed by atoms with E-state index < -0.39 is 57.9 Å². The van der Waals surface area contributed by atoms with E-state index in [1.165, 1.54) is 36.5 Å². The third-order valence-electron chi connectivity index (χ3n) is 4.06. The molecule has 35 heavy (non-hydrogen) atoms. The second-order valence-electron chi connectivity index (χ2n) is 8.92. The first kappa shape index (κ1) is 28.2. The second kappa shape index (κ2) is 9.56. The van der Waals surface area contributed by atoms with Crippen LogP contribution in [0.1, 0.15) is 42.3 Å². The normalized spacial score (nSPS) is 12.8. The average molecular weight is 506 g/mol. The molecule has 0 radical (unpaired) electrons. The SMILES string of the molecule is BC(B)(O)Oc1cc(OC(F)(F)F)ccc1Oc1ccc(C(F)(F)F)c(C)c1C(=O)OC(C)(C)C. The number of carbonyl (C=O) groups excluding carboxylic acids is 1. The third-order valence-corrected chi connectivity index (χ3v) is 4.06. The number of alkyl halides is 6. The van der Waals surface area contributed by atoms with Crippen LogP contribution in [0.2, 0.25) is 0 Å². The molecule has 0 saturated carbocycles. The lowest BCUT2D eigenvalue weighted by molar-refractivity contribution is -0.274. The van der Waals surface area contributed by atoms with Gasteiger partial charge in [0.15, 0.2) is 27.2 Å². The molecule has 0 aliphatic carbocycles. The van der Waals surface area contributed by atoms with E-state index >= 15 is 0 Å². The Labute approximate surface area is 198 Å². The van der Waals surface area contributed by atoms with Crippen LogP contribution in [-0.4, -0.2) is 44.3 Å². The highest BCUT2D eigenvalue weighted by molar-refractivity contribution is 6.37. The van der Waals surface area contributed by atoms with Crippen molar-refractivity contribution in [1.29, 1.82) is 0 Å². The molecule has 14 heteroatoms. The lowest BCUT2D eigenvalue weighted by atomic mass is 9.76. The predicted octanol–water partition coefficient (Wildman–Crippen LogP) is 3.91. The van der Waals surface area contributed by atoms with Crippen LogP contribution in [0.25, 0.3) is 0 Å². The van der Waals surface area contributed by atoms with Gasteiger partial charge in [0.25, 0.3) is 0 Å². The maximum Gasteiger partial charge on any atom is 0.573 e. The standard InChI is InChI=1S/C21H22B2F6O6/c1-10-12(19(24,25)26)6-8-14(16(10)17(30)35-18(2,3)4)32-13-7-5-11(33-21(27,28)29)9-15(13)34-20(22,23)31/h5-9,31H,22-23H2,1-4H3.